The molecule has 0 amide bonds. The number of ether oxygens (including phenoxy) is 2. The van der Waals surface area contributed by atoms with Gasteiger partial charge in [-0.15, -0.1) is 11.6 Å². The van der Waals surface area contributed by atoms with Crippen LogP contribution in [0, 0.1) is 0 Å². The lowest BCUT2D eigenvalue weighted by Gasteiger charge is -2.14. The molecule has 1 aliphatic carbocycles. The van der Waals surface area contributed by atoms with Gasteiger partial charge in [0.2, 0.25) is 0 Å². The van der Waals surface area contributed by atoms with Crippen LogP contribution < -0.4 is 4.74 Å². The van der Waals surface area contributed by atoms with Crippen molar-refractivity contribution >= 4 is 17.6 Å². The fourth-order valence-corrected chi connectivity index (χ4v) is 2.27. The molecular weight excluding hydrogens is 252 g/mol. The van der Waals surface area contributed by atoms with Crippen LogP contribution in [0.25, 0.3) is 0 Å². The standard InChI is InChI=1S/C14H17ClO3/c1-3-18-13-7-12(14(16)17-2)11(9-4-5-9)6-10(13)8-15/h6-7,9H,3-5,8H2,1-2H3. The molecule has 0 bridgehead atoms. The molecule has 98 valence electrons. The average Bonchev–Trinajstić information content (AvgIpc) is 3.22. The van der Waals surface area contributed by atoms with Gasteiger partial charge in [-0.25, -0.2) is 4.79 Å². The van der Waals surface area contributed by atoms with E-state index in [0.717, 1.165) is 24.0 Å². The fraction of sp³-hybridized carbons (Fsp3) is 0.500. The smallest absolute Gasteiger partial charge is 0.338 e. The number of rotatable bonds is 5. The minimum absolute atomic E-state index is 0.307. The minimum Gasteiger partial charge on any atom is -0.494 e. The second-order valence-electron chi connectivity index (χ2n) is 4.38. The van der Waals surface area contributed by atoms with Crippen molar-refractivity contribution in [1.82, 2.24) is 0 Å². The SMILES string of the molecule is CCOc1cc(C(=O)OC)c(C2CC2)cc1CCl. The van der Waals surface area contributed by atoms with Gasteiger partial charge in [0.15, 0.2) is 0 Å². The quantitative estimate of drug-likeness (QED) is 0.606. The Morgan fingerprint density at radius 1 is 1.44 bits per heavy atom. The molecule has 0 saturated heterocycles. The molecule has 1 fully saturated rings. The molecule has 1 aliphatic rings. The van der Waals surface area contributed by atoms with E-state index >= 15 is 0 Å². The third kappa shape index (κ3) is 2.61. The van der Waals surface area contributed by atoms with E-state index in [1.165, 1.54) is 7.11 Å². The Bertz CT molecular complexity index is 453. The van der Waals surface area contributed by atoms with Gasteiger partial charge in [-0.05, 0) is 43.4 Å². The van der Waals surface area contributed by atoms with E-state index in [2.05, 4.69) is 0 Å². The molecule has 0 spiro atoms. The highest BCUT2D eigenvalue weighted by atomic mass is 35.5. The van der Waals surface area contributed by atoms with E-state index in [1.54, 1.807) is 6.07 Å². The van der Waals surface area contributed by atoms with E-state index in [0.29, 0.717) is 29.7 Å². The molecule has 0 radical (unpaired) electrons. The van der Waals surface area contributed by atoms with Crippen LogP contribution in [0.5, 0.6) is 5.75 Å². The lowest BCUT2D eigenvalue weighted by atomic mass is 9.99. The maximum absolute atomic E-state index is 11.8. The van der Waals surface area contributed by atoms with E-state index < -0.39 is 0 Å². The highest BCUT2D eigenvalue weighted by molar-refractivity contribution is 6.17. The van der Waals surface area contributed by atoms with Crippen LogP contribution in [0.15, 0.2) is 12.1 Å². The zero-order valence-electron chi connectivity index (χ0n) is 10.7. The Morgan fingerprint density at radius 3 is 2.67 bits per heavy atom. The van der Waals surface area contributed by atoms with Crippen LogP contribution in [-0.2, 0) is 10.6 Å². The predicted molar refractivity (Wildman–Crippen MR) is 70.5 cm³/mol. The third-order valence-electron chi connectivity index (χ3n) is 3.10. The molecule has 1 saturated carbocycles. The maximum Gasteiger partial charge on any atom is 0.338 e. The van der Waals surface area contributed by atoms with Gasteiger partial charge in [0, 0.05) is 5.56 Å². The second-order valence-corrected chi connectivity index (χ2v) is 4.65. The van der Waals surface area contributed by atoms with Crippen LogP contribution in [0.1, 0.15) is 47.2 Å². The summed E-state index contributed by atoms with van der Waals surface area (Å²) in [5, 5.41) is 0. The first-order valence-electron chi connectivity index (χ1n) is 6.15. The second kappa shape index (κ2) is 5.61. The number of hydrogen-bond donors (Lipinski definition) is 0. The van der Waals surface area contributed by atoms with Gasteiger partial charge >= 0.3 is 5.97 Å². The Labute approximate surface area is 112 Å². The molecule has 0 atom stereocenters. The maximum atomic E-state index is 11.8. The number of methoxy groups -OCH3 is 1. The summed E-state index contributed by atoms with van der Waals surface area (Å²) in [4.78, 5) is 11.8. The van der Waals surface area contributed by atoms with Crippen molar-refractivity contribution in [3.05, 3.63) is 28.8 Å². The number of hydrogen-bond acceptors (Lipinski definition) is 3. The van der Waals surface area contributed by atoms with Gasteiger partial charge in [0.05, 0.1) is 25.2 Å². The topological polar surface area (TPSA) is 35.5 Å². The Hall–Kier alpha value is -1.22. The summed E-state index contributed by atoms with van der Waals surface area (Å²) in [7, 11) is 1.40. The summed E-state index contributed by atoms with van der Waals surface area (Å²) in [6.45, 7) is 2.46. The third-order valence-corrected chi connectivity index (χ3v) is 3.39. The van der Waals surface area contributed by atoms with Gasteiger partial charge in [0.1, 0.15) is 5.75 Å². The van der Waals surface area contributed by atoms with Crippen LogP contribution in [0.2, 0.25) is 0 Å². The molecule has 0 aliphatic heterocycles. The summed E-state index contributed by atoms with van der Waals surface area (Å²) in [6, 6.07) is 3.75. The lowest BCUT2D eigenvalue weighted by Crippen LogP contribution is -2.08. The predicted octanol–water partition coefficient (Wildman–Crippen LogP) is 3.49. The van der Waals surface area contributed by atoms with Crippen molar-refractivity contribution < 1.29 is 14.3 Å². The molecule has 4 heteroatoms. The highest BCUT2D eigenvalue weighted by Crippen LogP contribution is 2.43. The van der Waals surface area contributed by atoms with Gasteiger partial charge < -0.3 is 9.47 Å². The highest BCUT2D eigenvalue weighted by Gasteiger charge is 2.29. The van der Waals surface area contributed by atoms with Gasteiger partial charge in [0.25, 0.3) is 0 Å². The number of esters is 1. The van der Waals surface area contributed by atoms with Gasteiger partial charge in [-0.3, -0.25) is 0 Å². The van der Waals surface area contributed by atoms with Crippen molar-refractivity contribution in [2.75, 3.05) is 13.7 Å². The molecule has 1 aromatic carbocycles. The van der Waals surface area contributed by atoms with Crippen molar-refractivity contribution in [3.63, 3.8) is 0 Å². The van der Waals surface area contributed by atoms with E-state index in [1.807, 2.05) is 13.0 Å². The Kier molecular flexibility index (Phi) is 4.12. The molecular formula is C14H17ClO3. The van der Waals surface area contributed by atoms with E-state index in [4.69, 9.17) is 21.1 Å². The lowest BCUT2D eigenvalue weighted by molar-refractivity contribution is 0.0599. The molecule has 0 N–H and O–H groups in total. The van der Waals surface area contributed by atoms with Crippen LogP contribution in [0.3, 0.4) is 0 Å². The molecule has 0 unspecified atom stereocenters. The molecule has 3 nitrogen and oxygen atoms in total. The molecule has 2 rings (SSSR count). The summed E-state index contributed by atoms with van der Waals surface area (Å²) >= 11 is 5.93. The zero-order chi connectivity index (χ0) is 13.1. The minimum atomic E-state index is -0.307. The Balaban J connectivity index is 2.47. The number of halogens is 1. The van der Waals surface area contributed by atoms with Crippen molar-refractivity contribution in [1.29, 1.82) is 0 Å². The molecule has 0 heterocycles. The normalized spacial score (nSPS) is 14.4. The average molecular weight is 269 g/mol. The summed E-state index contributed by atoms with van der Waals surface area (Å²) in [6.07, 6.45) is 2.25. The number of benzene rings is 1. The van der Waals surface area contributed by atoms with Gasteiger partial charge in [-0.2, -0.15) is 0 Å². The summed E-state index contributed by atoms with van der Waals surface area (Å²) in [5.74, 6) is 1.23. The molecule has 18 heavy (non-hydrogen) atoms. The number of carbonyl (C=O) groups excluding carboxylic acids is 1. The van der Waals surface area contributed by atoms with E-state index in [9.17, 15) is 4.79 Å². The number of alkyl halides is 1. The monoisotopic (exact) mass is 268 g/mol. The van der Waals surface area contributed by atoms with Crippen LogP contribution >= 0.6 is 11.6 Å². The van der Waals surface area contributed by atoms with Crippen LogP contribution in [-0.4, -0.2) is 19.7 Å². The zero-order valence-corrected chi connectivity index (χ0v) is 11.4. The van der Waals surface area contributed by atoms with Crippen molar-refractivity contribution in [2.45, 2.75) is 31.6 Å². The van der Waals surface area contributed by atoms with Crippen molar-refractivity contribution in [2.24, 2.45) is 0 Å². The van der Waals surface area contributed by atoms with E-state index in [-0.39, 0.29) is 5.97 Å². The van der Waals surface area contributed by atoms with Gasteiger partial charge in [-0.1, -0.05) is 0 Å². The first kappa shape index (κ1) is 13.2. The molecule has 1 aromatic rings. The largest absolute Gasteiger partial charge is 0.494 e. The summed E-state index contributed by atoms with van der Waals surface area (Å²) in [5.41, 5.74) is 2.59. The van der Waals surface area contributed by atoms with Crippen LogP contribution in [0.4, 0.5) is 0 Å². The first-order valence-corrected chi connectivity index (χ1v) is 6.68. The Morgan fingerprint density at radius 2 is 2.17 bits per heavy atom. The first-order chi connectivity index (χ1) is 8.71. The summed E-state index contributed by atoms with van der Waals surface area (Å²) < 4.78 is 10.4. The fourth-order valence-electron chi connectivity index (χ4n) is 2.06. The molecule has 0 aromatic heterocycles. The van der Waals surface area contributed by atoms with Crippen molar-refractivity contribution in [3.8, 4) is 5.75 Å². The number of carbonyl (C=O) groups is 1.